The number of hydrogen-bond donors (Lipinski definition) is 1. The van der Waals surface area contributed by atoms with Crippen molar-refractivity contribution in [2.24, 2.45) is 7.05 Å². The molecule has 0 aliphatic heterocycles. The van der Waals surface area contributed by atoms with Gasteiger partial charge in [0.25, 0.3) is 0 Å². The first-order valence-electron chi connectivity index (χ1n) is 3.98. The topological polar surface area (TPSA) is 43.8 Å². The summed E-state index contributed by atoms with van der Waals surface area (Å²) in [4.78, 5) is 0. The van der Waals surface area contributed by atoms with Crippen molar-refractivity contribution in [2.45, 2.75) is 6.92 Å². The summed E-state index contributed by atoms with van der Waals surface area (Å²) >= 11 is 0. The van der Waals surface area contributed by atoms with Crippen LogP contribution in [0.5, 0.6) is 0 Å². The van der Waals surface area contributed by atoms with Gasteiger partial charge in [-0.2, -0.15) is 5.10 Å². The van der Waals surface area contributed by atoms with Crippen LogP contribution in [-0.4, -0.2) is 9.78 Å². The van der Waals surface area contributed by atoms with Gasteiger partial charge in [0, 0.05) is 12.4 Å². The summed E-state index contributed by atoms with van der Waals surface area (Å²) in [5, 5.41) is 4.98. The SMILES string of the molecule is Cc1nn(C)c2cc(N)c(F)cc12. The van der Waals surface area contributed by atoms with Crippen LogP contribution in [0.3, 0.4) is 0 Å². The summed E-state index contributed by atoms with van der Waals surface area (Å²) in [6, 6.07) is 3.03. The normalized spacial score (nSPS) is 11.0. The van der Waals surface area contributed by atoms with Crippen LogP contribution in [0.1, 0.15) is 5.69 Å². The van der Waals surface area contributed by atoms with Crippen LogP contribution in [0, 0.1) is 12.7 Å². The fourth-order valence-corrected chi connectivity index (χ4v) is 1.47. The molecule has 0 unspecified atom stereocenters. The highest BCUT2D eigenvalue weighted by molar-refractivity contribution is 5.84. The number of halogens is 1. The van der Waals surface area contributed by atoms with Crippen molar-refractivity contribution in [2.75, 3.05) is 5.73 Å². The summed E-state index contributed by atoms with van der Waals surface area (Å²) in [6.07, 6.45) is 0. The fourth-order valence-electron chi connectivity index (χ4n) is 1.47. The first kappa shape index (κ1) is 8.04. The zero-order valence-corrected chi connectivity index (χ0v) is 7.50. The molecule has 0 saturated carbocycles. The van der Waals surface area contributed by atoms with Crippen LogP contribution in [0.15, 0.2) is 12.1 Å². The quantitative estimate of drug-likeness (QED) is 0.624. The molecule has 0 amide bonds. The van der Waals surface area contributed by atoms with E-state index >= 15 is 0 Å². The number of hydrogen-bond acceptors (Lipinski definition) is 2. The lowest BCUT2D eigenvalue weighted by Gasteiger charge is -1.97. The molecular weight excluding hydrogens is 169 g/mol. The molecule has 0 bridgehead atoms. The molecule has 2 N–H and O–H groups in total. The molecule has 1 aromatic heterocycles. The lowest BCUT2D eigenvalue weighted by molar-refractivity contribution is 0.634. The van der Waals surface area contributed by atoms with Gasteiger partial charge in [-0.1, -0.05) is 0 Å². The molecule has 0 radical (unpaired) electrons. The van der Waals surface area contributed by atoms with Crippen molar-refractivity contribution >= 4 is 16.6 Å². The molecule has 4 heteroatoms. The van der Waals surface area contributed by atoms with E-state index in [0.717, 1.165) is 16.6 Å². The second kappa shape index (κ2) is 2.45. The van der Waals surface area contributed by atoms with E-state index in [2.05, 4.69) is 5.10 Å². The highest BCUT2D eigenvalue weighted by Crippen LogP contribution is 2.22. The average Bonchev–Trinajstić information content (AvgIpc) is 2.31. The van der Waals surface area contributed by atoms with E-state index < -0.39 is 0 Å². The van der Waals surface area contributed by atoms with E-state index in [-0.39, 0.29) is 11.5 Å². The maximum Gasteiger partial charge on any atom is 0.146 e. The molecule has 0 atom stereocenters. The first-order chi connectivity index (χ1) is 6.09. The highest BCUT2D eigenvalue weighted by Gasteiger charge is 2.08. The largest absolute Gasteiger partial charge is 0.396 e. The summed E-state index contributed by atoms with van der Waals surface area (Å²) in [5.41, 5.74) is 7.28. The van der Waals surface area contributed by atoms with Crippen LogP contribution in [0.2, 0.25) is 0 Å². The number of aryl methyl sites for hydroxylation is 2. The van der Waals surface area contributed by atoms with E-state index in [9.17, 15) is 4.39 Å². The van der Waals surface area contributed by atoms with Crippen LogP contribution in [-0.2, 0) is 7.05 Å². The number of anilines is 1. The Bertz CT molecular complexity index is 431. The Morgan fingerprint density at radius 1 is 1.46 bits per heavy atom. The van der Waals surface area contributed by atoms with Gasteiger partial charge >= 0.3 is 0 Å². The number of nitrogens with zero attached hydrogens (tertiary/aromatic N) is 2. The zero-order valence-electron chi connectivity index (χ0n) is 7.50. The summed E-state index contributed by atoms with van der Waals surface area (Å²) in [6.45, 7) is 1.85. The van der Waals surface area contributed by atoms with E-state index in [1.54, 1.807) is 10.7 Å². The number of nitrogen functional groups attached to an aromatic ring is 1. The standard InChI is InChI=1S/C9H10FN3/c1-5-6-3-7(10)8(11)4-9(6)13(2)12-5/h3-4H,11H2,1-2H3. The van der Waals surface area contributed by atoms with E-state index in [1.807, 2.05) is 14.0 Å². The lowest BCUT2D eigenvalue weighted by atomic mass is 10.2. The third-order valence-corrected chi connectivity index (χ3v) is 2.15. The molecule has 68 valence electrons. The van der Waals surface area contributed by atoms with Crippen LogP contribution >= 0.6 is 0 Å². The van der Waals surface area contributed by atoms with Gasteiger partial charge in [-0.05, 0) is 19.1 Å². The number of aromatic nitrogens is 2. The van der Waals surface area contributed by atoms with Crippen molar-refractivity contribution < 1.29 is 4.39 Å². The van der Waals surface area contributed by atoms with Crippen molar-refractivity contribution in [3.8, 4) is 0 Å². The van der Waals surface area contributed by atoms with Gasteiger partial charge in [-0.25, -0.2) is 4.39 Å². The molecule has 0 spiro atoms. The van der Waals surface area contributed by atoms with Crippen molar-refractivity contribution in [3.05, 3.63) is 23.6 Å². The van der Waals surface area contributed by atoms with E-state index in [0.29, 0.717) is 0 Å². The zero-order chi connectivity index (χ0) is 9.59. The molecular formula is C9H10FN3. The first-order valence-corrected chi connectivity index (χ1v) is 3.98. The van der Waals surface area contributed by atoms with Gasteiger partial charge in [0.1, 0.15) is 5.82 Å². The second-order valence-electron chi connectivity index (χ2n) is 3.10. The highest BCUT2D eigenvalue weighted by atomic mass is 19.1. The van der Waals surface area contributed by atoms with Gasteiger partial charge in [0.05, 0.1) is 16.9 Å². The lowest BCUT2D eigenvalue weighted by Crippen LogP contribution is -1.93. The Labute approximate surface area is 75.0 Å². The average molecular weight is 179 g/mol. The fraction of sp³-hybridized carbons (Fsp3) is 0.222. The maximum absolute atomic E-state index is 13.1. The molecule has 2 rings (SSSR count). The predicted molar refractivity (Wildman–Crippen MR) is 49.8 cm³/mol. The van der Waals surface area contributed by atoms with Crippen molar-refractivity contribution in [3.63, 3.8) is 0 Å². The molecule has 1 heterocycles. The molecule has 0 saturated heterocycles. The van der Waals surface area contributed by atoms with Crippen LogP contribution in [0.25, 0.3) is 10.9 Å². The second-order valence-corrected chi connectivity index (χ2v) is 3.10. The summed E-state index contributed by atoms with van der Waals surface area (Å²) in [7, 11) is 1.81. The molecule has 1 aromatic carbocycles. The predicted octanol–water partition coefficient (Wildman–Crippen LogP) is 1.60. The monoisotopic (exact) mass is 179 g/mol. The third-order valence-electron chi connectivity index (χ3n) is 2.15. The molecule has 0 aliphatic rings. The van der Waals surface area contributed by atoms with Gasteiger partial charge in [0.15, 0.2) is 0 Å². The van der Waals surface area contributed by atoms with E-state index in [1.165, 1.54) is 6.07 Å². The Morgan fingerprint density at radius 3 is 2.85 bits per heavy atom. The summed E-state index contributed by atoms with van der Waals surface area (Å²) < 4.78 is 14.8. The number of benzene rings is 1. The Morgan fingerprint density at radius 2 is 2.15 bits per heavy atom. The Balaban J connectivity index is 2.91. The van der Waals surface area contributed by atoms with Gasteiger partial charge in [-0.3, -0.25) is 4.68 Å². The van der Waals surface area contributed by atoms with Gasteiger partial charge in [0.2, 0.25) is 0 Å². The van der Waals surface area contributed by atoms with Gasteiger partial charge in [-0.15, -0.1) is 0 Å². The molecule has 13 heavy (non-hydrogen) atoms. The van der Waals surface area contributed by atoms with Crippen LogP contribution in [0.4, 0.5) is 10.1 Å². The Hall–Kier alpha value is -1.58. The molecule has 0 fully saturated rings. The molecule has 3 nitrogen and oxygen atoms in total. The third kappa shape index (κ3) is 1.06. The maximum atomic E-state index is 13.1. The Kier molecular flexibility index (Phi) is 1.52. The van der Waals surface area contributed by atoms with Crippen LogP contribution < -0.4 is 5.73 Å². The summed E-state index contributed by atoms with van der Waals surface area (Å²) in [5.74, 6) is -0.386. The minimum absolute atomic E-state index is 0.163. The van der Waals surface area contributed by atoms with Crippen molar-refractivity contribution in [1.82, 2.24) is 9.78 Å². The van der Waals surface area contributed by atoms with E-state index in [4.69, 9.17) is 5.73 Å². The number of nitrogens with two attached hydrogens (primary N) is 1. The molecule has 2 aromatic rings. The van der Waals surface area contributed by atoms with Crippen molar-refractivity contribution in [1.29, 1.82) is 0 Å². The minimum Gasteiger partial charge on any atom is -0.396 e. The number of rotatable bonds is 0. The van der Waals surface area contributed by atoms with Gasteiger partial charge < -0.3 is 5.73 Å². The minimum atomic E-state index is -0.386. The smallest absolute Gasteiger partial charge is 0.146 e. The molecule has 0 aliphatic carbocycles. The number of fused-ring (bicyclic) bond motifs is 1.